The first kappa shape index (κ1) is 13.7. The molecule has 1 aliphatic rings. The van der Waals surface area contributed by atoms with Crippen molar-refractivity contribution >= 4 is 17.3 Å². The lowest BCUT2D eigenvalue weighted by Crippen LogP contribution is -2.49. The molecule has 100 valence electrons. The van der Waals surface area contributed by atoms with Gasteiger partial charge in [0.25, 0.3) is 0 Å². The lowest BCUT2D eigenvalue weighted by Gasteiger charge is -2.41. The predicted octanol–water partition coefficient (Wildman–Crippen LogP) is 4.05. The summed E-state index contributed by atoms with van der Waals surface area (Å²) in [5.74, 6) is 0.808. The van der Waals surface area contributed by atoms with Crippen molar-refractivity contribution in [1.29, 1.82) is 0 Å². The van der Waals surface area contributed by atoms with Crippen molar-refractivity contribution in [3.63, 3.8) is 0 Å². The highest BCUT2D eigenvalue weighted by Gasteiger charge is 2.34. The Bertz CT molecular complexity index is 377. The van der Waals surface area contributed by atoms with E-state index in [9.17, 15) is 0 Å². The third-order valence-corrected chi connectivity index (χ3v) is 4.42. The highest BCUT2D eigenvalue weighted by atomic mass is 35.5. The van der Waals surface area contributed by atoms with Gasteiger partial charge in [0.1, 0.15) is 0 Å². The highest BCUT2D eigenvalue weighted by molar-refractivity contribution is 6.30. The van der Waals surface area contributed by atoms with Crippen molar-refractivity contribution in [3.8, 4) is 0 Å². The van der Waals surface area contributed by atoms with Crippen molar-refractivity contribution in [2.75, 3.05) is 11.9 Å². The molecular weight excluding hydrogens is 244 g/mol. The smallest absolute Gasteiger partial charge is 0.0498 e. The Morgan fingerprint density at radius 2 is 2.11 bits per heavy atom. The maximum Gasteiger partial charge on any atom is 0.0498 e. The van der Waals surface area contributed by atoms with E-state index in [0.29, 0.717) is 6.54 Å². The lowest BCUT2D eigenvalue weighted by molar-refractivity contribution is 0.244. The summed E-state index contributed by atoms with van der Waals surface area (Å²) in [6.45, 7) is 2.98. The normalized spacial score (nSPS) is 28.1. The molecule has 0 bridgehead atoms. The summed E-state index contributed by atoms with van der Waals surface area (Å²) in [6, 6.07) is 7.92. The van der Waals surface area contributed by atoms with Gasteiger partial charge < -0.3 is 11.1 Å². The summed E-state index contributed by atoms with van der Waals surface area (Å²) in [5.41, 5.74) is 7.25. The van der Waals surface area contributed by atoms with Gasteiger partial charge in [-0.3, -0.25) is 0 Å². The Morgan fingerprint density at radius 3 is 2.72 bits per heavy atom. The summed E-state index contributed by atoms with van der Waals surface area (Å²) < 4.78 is 0. The van der Waals surface area contributed by atoms with Gasteiger partial charge in [-0.25, -0.2) is 0 Å². The summed E-state index contributed by atoms with van der Waals surface area (Å²) in [5, 5.41) is 4.43. The fourth-order valence-corrected chi connectivity index (χ4v) is 3.15. The molecule has 1 saturated carbocycles. The van der Waals surface area contributed by atoms with Crippen LogP contribution in [0.1, 0.15) is 39.0 Å². The van der Waals surface area contributed by atoms with Crippen molar-refractivity contribution in [2.45, 2.75) is 44.6 Å². The number of benzene rings is 1. The zero-order valence-electron chi connectivity index (χ0n) is 11.1. The molecule has 0 heterocycles. The van der Waals surface area contributed by atoms with Crippen LogP contribution in [0.15, 0.2) is 24.3 Å². The van der Waals surface area contributed by atoms with Gasteiger partial charge in [-0.05, 0) is 43.0 Å². The largest absolute Gasteiger partial charge is 0.378 e. The van der Waals surface area contributed by atoms with Crippen molar-refractivity contribution in [2.24, 2.45) is 11.7 Å². The molecule has 0 amide bonds. The maximum atomic E-state index is 6.04. The molecule has 2 unspecified atom stereocenters. The van der Waals surface area contributed by atoms with Crippen molar-refractivity contribution in [3.05, 3.63) is 29.3 Å². The molecule has 0 radical (unpaired) electrons. The monoisotopic (exact) mass is 266 g/mol. The minimum atomic E-state index is 0.0761. The molecule has 1 aliphatic carbocycles. The topological polar surface area (TPSA) is 38.0 Å². The fraction of sp³-hybridized carbons (Fsp3) is 0.600. The molecule has 1 aromatic carbocycles. The molecule has 0 aromatic heterocycles. The third-order valence-electron chi connectivity index (χ3n) is 4.17. The van der Waals surface area contributed by atoms with Gasteiger partial charge in [-0.1, -0.05) is 37.8 Å². The SMILES string of the molecule is CCC1CCCC(CN)(Nc2ccc(Cl)cc2)C1. The average Bonchev–Trinajstić information content (AvgIpc) is 2.42. The maximum absolute atomic E-state index is 6.04. The molecule has 3 heteroatoms. The van der Waals surface area contributed by atoms with E-state index in [1.165, 1.54) is 32.1 Å². The van der Waals surface area contributed by atoms with Gasteiger partial charge in [-0.2, -0.15) is 0 Å². The van der Waals surface area contributed by atoms with Crippen molar-refractivity contribution < 1.29 is 0 Å². The molecule has 1 fully saturated rings. The molecule has 2 nitrogen and oxygen atoms in total. The minimum Gasteiger partial charge on any atom is -0.378 e. The Morgan fingerprint density at radius 1 is 1.39 bits per heavy atom. The molecule has 18 heavy (non-hydrogen) atoms. The van der Waals surface area contributed by atoms with Crippen LogP contribution in [-0.4, -0.2) is 12.1 Å². The molecule has 0 aliphatic heterocycles. The van der Waals surface area contributed by atoms with Crippen LogP contribution in [0.4, 0.5) is 5.69 Å². The van der Waals surface area contributed by atoms with Crippen LogP contribution in [0.25, 0.3) is 0 Å². The summed E-state index contributed by atoms with van der Waals surface area (Å²) >= 11 is 5.92. The van der Waals surface area contributed by atoms with Gasteiger partial charge in [0.2, 0.25) is 0 Å². The van der Waals surface area contributed by atoms with Crippen LogP contribution in [-0.2, 0) is 0 Å². The zero-order valence-corrected chi connectivity index (χ0v) is 11.8. The first-order valence-corrected chi connectivity index (χ1v) is 7.29. The number of rotatable bonds is 4. The Labute approximate surface area is 115 Å². The summed E-state index contributed by atoms with van der Waals surface area (Å²) in [7, 11) is 0. The number of nitrogens with one attached hydrogen (secondary N) is 1. The van der Waals surface area contributed by atoms with Crippen LogP contribution in [0.5, 0.6) is 0 Å². The van der Waals surface area contributed by atoms with E-state index in [-0.39, 0.29) is 5.54 Å². The molecule has 2 atom stereocenters. The molecule has 3 N–H and O–H groups in total. The second-order valence-corrected chi connectivity index (χ2v) is 5.92. The summed E-state index contributed by atoms with van der Waals surface area (Å²) in [6.07, 6.45) is 6.23. The average molecular weight is 267 g/mol. The van der Waals surface area contributed by atoms with Crippen molar-refractivity contribution in [1.82, 2.24) is 0 Å². The second kappa shape index (κ2) is 5.94. The van der Waals surface area contributed by atoms with E-state index in [1.807, 2.05) is 24.3 Å². The van der Waals surface area contributed by atoms with Gasteiger partial charge in [-0.15, -0.1) is 0 Å². The first-order chi connectivity index (χ1) is 8.67. The van der Waals surface area contributed by atoms with Gasteiger partial charge in [0, 0.05) is 22.8 Å². The van der Waals surface area contributed by atoms with Crippen LogP contribution < -0.4 is 11.1 Å². The van der Waals surface area contributed by atoms with E-state index in [1.54, 1.807) is 0 Å². The highest BCUT2D eigenvalue weighted by Crippen LogP contribution is 2.36. The molecule has 0 spiro atoms. The van der Waals surface area contributed by atoms with E-state index in [2.05, 4.69) is 12.2 Å². The van der Waals surface area contributed by atoms with Gasteiger partial charge in [0.05, 0.1) is 0 Å². The molecule has 0 saturated heterocycles. The zero-order chi connectivity index (χ0) is 13.0. The number of nitrogens with two attached hydrogens (primary N) is 1. The number of halogens is 1. The predicted molar refractivity (Wildman–Crippen MR) is 79.1 cm³/mol. The first-order valence-electron chi connectivity index (χ1n) is 6.91. The summed E-state index contributed by atoms with van der Waals surface area (Å²) in [4.78, 5) is 0. The van der Waals surface area contributed by atoms with Gasteiger partial charge >= 0.3 is 0 Å². The Balaban J connectivity index is 2.09. The van der Waals surface area contributed by atoms with Gasteiger partial charge in [0.15, 0.2) is 0 Å². The van der Waals surface area contributed by atoms with Crippen LogP contribution in [0, 0.1) is 5.92 Å². The van der Waals surface area contributed by atoms with E-state index in [0.717, 1.165) is 16.6 Å². The van der Waals surface area contributed by atoms with E-state index < -0.39 is 0 Å². The third kappa shape index (κ3) is 3.18. The minimum absolute atomic E-state index is 0.0761. The Kier molecular flexibility index (Phi) is 4.52. The van der Waals surface area contributed by atoms with Crippen LogP contribution in [0.2, 0.25) is 5.02 Å². The number of hydrogen-bond donors (Lipinski definition) is 2. The molecule has 2 rings (SSSR count). The quantitative estimate of drug-likeness (QED) is 0.863. The second-order valence-electron chi connectivity index (χ2n) is 5.49. The van der Waals surface area contributed by atoms with Crippen LogP contribution >= 0.6 is 11.6 Å². The lowest BCUT2D eigenvalue weighted by atomic mass is 9.74. The fourth-order valence-electron chi connectivity index (χ4n) is 3.02. The number of anilines is 1. The van der Waals surface area contributed by atoms with E-state index in [4.69, 9.17) is 17.3 Å². The standard InChI is InChI=1S/C15H23ClN2/c1-2-12-4-3-9-15(10-12,11-17)18-14-7-5-13(16)6-8-14/h5-8,12,18H,2-4,9-11,17H2,1H3. The molecular formula is C15H23ClN2. The van der Waals surface area contributed by atoms with Crippen LogP contribution in [0.3, 0.4) is 0 Å². The molecule has 1 aromatic rings. The Hall–Kier alpha value is -0.730. The number of hydrogen-bond acceptors (Lipinski definition) is 2. The van der Waals surface area contributed by atoms with E-state index >= 15 is 0 Å².